The van der Waals surface area contributed by atoms with Gasteiger partial charge in [-0.05, 0) is 65.5 Å². The van der Waals surface area contributed by atoms with Gasteiger partial charge in [0.15, 0.2) is 0 Å². The minimum absolute atomic E-state index is 0. The van der Waals surface area contributed by atoms with E-state index in [0.717, 1.165) is 55.7 Å². The monoisotopic (exact) mass is 857 g/mol. The molecule has 0 aliphatic rings. The Hall–Kier alpha value is -5.22. The van der Waals surface area contributed by atoms with Crippen LogP contribution in [0.5, 0.6) is 0 Å². The van der Waals surface area contributed by atoms with Crippen molar-refractivity contribution in [3.05, 3.63) is 174 Å². The van der Waals surface area contributed by atoms with Crippen LogP contribution in [0.4, 0.5) is 0 Å². The predicted octanol–water partition coefficient (Wildman–Crippen LogP) is 12.4. The average molecular weight is 857 g/mol. The number of hydrogen-bond donors (Lipinski definition) is 0. The van der Waals surface area contributed by atoms with Gasteiger partial charge >= 0.3 is 20.1 Å². The molecule has 4 aromatic heterocycles. The maximum absolute atomic E-state index is 6.04. The van der Waals surface area contributed by atoms with Crippen LogP contribution < -0.4 is 0 Å². The molecule has 4 heterocycles. The van der Waals surface area contributed by atoms with Crippen LogP contribution in [0.25, 0.3) is 55.7 Å². The van der Waals surface area contributed by atoms with E-state index in [9.17, 15) is 0 Å². The fourth-order valence-corrected chi connectivity index (χ4v) is 5.56. The molecular weight excluding hydrogens is 815 g/mol. The zero-order valence-electron chi connectivity index (χ0n) is 30.4. The number of para-hydroxylation sites is 1. The van der Waals surface area contributed by atoms with Gasteiger partial charge in [0.1, 0.15) is 5.58 Å². The third-order valence-corrected chi connectivity index (χ3v) is 8.84. The van der Waals surface area contributed by atoms with Gasteiger partial charge < -0.3 is 19.4 Å². The number of furan rings is 1. The van der Waals surface area contributed by atoms with E-state index >= 15 is 0 Å². The summed E-state index contributed by atoms with van der Waals surface area (Å²) >= 11 is 0. The van der Waals surface area contributed by atoms with Crippen molar-refractivity contribution in [3.8, 4) is 33.8 Å². The van der Waals surface area contributed by atoms with E-state index in [1.165, 1.54) is 22.3 Å². The van der Waals surface area contributed by atoms with Crippen LogP contribution in [0.2, 0.25) is 0 Å². The molecule has 8 aromatic rings. The molecule has 0 aliphatic carbocycles. The first kappa shape index (κ1) is 38.0. The molecule has 8 rings (SSSR count). The number of hydrogen-bond acceptors (Lipinski definition) is 4. The van der Waals surface area contributed by atoms with E-state index in [1.807, 2.05) is 97.5 Å². The van der Waals surface area contributed by atoms with Gasteiger partial charge in [-0.3, -0.25) is 0 Å². The van der Waals surface area contributed by atoms with Gasteiger partial charge in [-0.2, -0.15) is 0 Å². The third kappa shape index (κ3) is 9.16. The summed E-state index contributed by atoms with van der Waals surface area (Å²) in [5, 5.41) is 2.24. The molecule has 0 spiro atoms. The molecule has 0 bridgehead atoms. The van der Waals surface area contributed by atoms with E-state index in [4.69, 9.17) is 4.42 Å². The molecule has 0 saturated carbocycles. The van der Waals surface area contributed by atoms with Gasteiger partial charge in [-0.15, -0.1) is 90.0 Å². The summed E-state index contributed by atoms with van der Waals surface area (Å²) in [6.45, 7) is 12.9. The Kier molecular flexibility index (Phi) is 13.0. The number of fused-ring (bicyclic) bond motifs is 3. The third-order valence-electron chi connectivity index (χ3n) is 8.84. The topological polar surface area (TPSA) is 51.8 Å². The van der Waals surface area contributed by atoms with Crippen LogP contribution in [0, 0.1) is 32.0 Å². The fourth-order valence-electron chi connectivity index (χ4n) is 5.56. The molecule has 0 amide bonds. The van der Waals surface area contributed by atoms with Gasteiger partial charge in [0.2, 0.25) is 0 Å². The molecule has 4 nitrogen and oxygen atoms in total. The van der Waals surface area contributed by atoms with Crippen molar-refractivity contribution in [2.45, 2.75) is 53.4 Å². The molecule has 0 fully saturated rings. The molecule has 0 radical (unpaired) electrons. The molecule has 0 aliphatic heterocycles. The largest absolute Gasteiger partial charge is 3.00 e. The predicted molar refractivity (Wildman–Crippen MR) is 210 cm³/mol. The van der Waals surface area contributed by atoms with Gasteiger partial charge in [0.05, 0.1) is 5.58 Å². The molecule has 5 heteroatoms. The number of nitrogens with zero attached hydrogens (tertiary/aromatic N) is 3. The summed E-state index contributed by atoms with van der Waals surface area (Å²) in [6.07, 6.45) is 5.79. The standard InChI is InChI=1S/C19H14NO.2C14H14N.Ir/c1-12-10-17(20-11-13(12)2)16-8-5-7-15-14-6-3-4-9-18(14)21-19(15)16;2*1-11(2)13-8-9-14(15-10-13)12-6-4-3-5-7-12;/h3-7,9-11H,1-2H3;2*3-6,8-11H,1-2H3;/q3*-1;+3. The normalized spacial score (nSPS) is 10.7. The van der Waals surface area contributed by atoms with Crippen LogP contribution in [0.1, 0.15) is 61.8 Å². The Labute approximate surface area is 321 Å². The first-order valence-corrected chi connectivity index (χ1v) is 17.4. The van der Waals surface area contributed by atoms with Crippen molar-refractivity contribution in [1.82, 2.24) is 15.0 Å². The van der Waals surface area contributed by atoms with Crippen molar-refractivity contribution in [3.63, 3.8) is 0 Å². The summed E-state index contributed by atoms with van der Waals surface area (Å²) in [5.41, 5.74) is 12.6. The maximum atomic E-state index is 6.04. The van der Waals surface area contributed by atoms with E-state index in [2.05, 4.69) is 111 Å². The molecule has 0 atom stereocenters. The fraction of sp³-hybridized carbons (Fsp3) is 0.170. The van der Waals surface area contributed by atoms with Crippen LogP contribution >= 0.6 is 0 Å². The minimum Gasteiger partial charge on any atom is -0.501 e. The zero-order chi connectivity index (χ0) is 35.7. The Morgan fingerprint density at radius 1 is 0.519 bits per heavy atom. The van der Waals surface area contributed by atoms with E-state index in [-0.39, 0.29) is 20.1 Å². The van der Waals surface area contributed by atoms with E-state index < -0.39 is 0 Å². The van der Waals surface area contributed by atoms with Crippen molar-refractivity contribution in [2.24, 2.45) is 0 Å². The number of benzene rings is 4. The van der Waals surface area contributed by atoms with Crippen LogP contribution in [-0.2, 0) is 20.1 Å². The number of aryl methyl sites for hydroxylation is 2. The van der Waals surface area contributed by atoms with Crippen molar-refractivity contribution < 1.29 is 24.5 Å². The van der Waals surface area contributed by atoms with Gasteiger partial charge in [0, 0.05) is 24.0 Å². The second-order valence-electron chi connectivity index (χ2n) is 13.2. The van der Waals surface area contributed by atoms with Crippen LogP contribution in [0.3, 0.4) is 0 Å². The van der Waals surface area contributed by atoms with Crippen molar-refractivity contribution in [1.29, 1.82) is 0 Å². The van der Waals surface area contributed by atoms with Crippen molar-refractivity contribution in [2.75, 3.05) is 0 Å². The zero-order valence-corrected chi connectivity index (χ0v) is 32.8. The first-order chi connectivity index (χ1) is 24.8. The second-order valence-corrected chi connectivity index (χ2v) is 13.2. The Balaban J connectivity index is 0.000000153. The quantitative estimate of drug-likeness (QED) is 0.162. The second kappa shape index (κ2) is 17.8. The molecular formula is C47H42IrN3O. The summed E-state index contributed by atoms with van der Waals surface area (Å²) in [6, 6.07) is 48.0. The maximum Gasteiger partial charge on any atom is 3.00 e. The SMILES string of the molecule is CC(C)c1ccc(-c2[c-]cccc2)nc1.CC(C)c1ccc(-c2[c-]cccc2)nc1.Cc1cnc(-c2[c-]ccc3c2oc2ccccc23)cc1C.[Ir+3]. The van der Waals surface area contributed by atoms with Gasteiger partial charge in [-0.25, -0.2) is 0 Å². The van der Waals surface area contributed by atoms with Crippen LogP contribution in [0.15, 0.2) is 138 Å². The number of rotatable bonds is 5. The Morgan fingerprint density at radius 3 is 1.58 bits per heavy atom. The van der Waals surface area contributed by atoms with E-state index in [1.54, 1.807) is 0 Å². The molecule has 0 unspecified atom stereocenters. The number of pyridine rings is 3. The molecule has 0 saturated heterocycles. The van der Waals surface area contributed by atoms with Crippen LogP contribution in [-0.4, -0.2) is 15.0 Å². The molecule has 260 valence electrons. The Bertz CT molecular complexity index is 2230. The van der Waals surface area contributed by atoms with Gasteiger partial charge in [-0.1, -0.05) is 92.7 Å². The summed E-state index contributed by atoms with van der Waals surface area (Å²) in [4.78, 5) is 13.4. The summed E-state index contributed by atoms with van der Waals surface area (Å²) < 4.78 is 6.04. The summed E-state index contributed by atoms with van der Waals surface area (Å²) in [7, 11) is 0. The molecule has 4 aromatic carbocycles. The smallest absolute Gasteiger partial charge is 0.501 e. The van der Waals surface area contributed by atoms with Gasteiger partial charge in [0.25, 0.3) is 0 Å². The molecule has 0 N–H and O–H groups in total. The first-order valence-electron chi connectivity index (χ1n) is 17.4. The van der Waals surface area contributed by atoms with Crippen molar-refractivity contribution >= 4 is 21.9 Å². The summed E-state index contributed by atoms with van der Waals surface area (Å²) in [5.74, 6) is 1.07. The average Bonchev–Trinajstić information content (AvgIpc) is 3.56. The Morgan fingerprint density at radius 2 is 1.08 bits per heavy atom. The van der Waals surface area contributed by atoms with E-state index in [0.29, 0.717) is 11.8 Å². The number of aromatic nitrogens is 3. The minimum atomic E-state index is 0. The molecule has 52 heavy (non-hydrogen) atoms.